The van der Waals surface area contributed by atoms with Gasteiger partial charge in [-0.2, -0.15) is 0 Å². The molecule has 0 unspecified atom stereocenters. The first-order chi connectivity index (χ1) is 13.6. The fourth-order valence-electron chi connectivity index (χ4n) is 2.82. The van der Waals surface area contributed by atoms with Gasteiger partial charge in [-0.1, -0.05) is 48.0 Å². The molecule has 4 aromatic rings. The molecule has 5 heteroatoms. The van der Waals surface area contributed by atoms with Crippen molar-refractivity contribution in [3.05, 3.63) is 89.0 Å². The van der Waals surface area contributed by atoms with E-state index in [1.807, 2.05) is 55.5 Å². The number of carbonyl (C=O) groups excluding carboxylic acids is 1. The summed E-state index contributed by atoms with van der Waals surface area (Å²) in [6, 6.07) is 20.7. The number of hydrogen-bond acceptors (Lipinski definition) is 3. The van der Waals surface area contributed by atoms with Crippen molar-refractivity contribution >= 4 is 40.4 Å². The Hall–Kier alpha value is -3.37. The number of benzene rings is 3. The van der Waals surface area contributed by atoms with Crippen LogP contribution >= 0.6 is 11.6 Å². The van der Waals surface area contributed by atoms with Crippen molar-refractivity contribution < 1.29 is 9.21 Å². The minimum Gasteiger partial charge on any atom is -0.436 e. The molecule has 4 nitrogen and oxygen atoms in total. The Morgan fingerprint density at radius 3 is 2.71 bits per heavy atom. The third kappa shape index (κ3) is 3.97. The molecule has 0 atom stereocenters. The lowest BCUT2D eigenvalue weighted by atomic mass is 10.1. The summed E-state index contributed by atoms with van der Waals surface area (Å²) >= 11 is 6.02. The van der Waals surface area contributed by atoms with Crippen LogP contribution in [0.5, 0.6) is 0 Å². The van der Waals surface area contributed by atoms with Crippen molar-refractivity contribution in [3.63, 3.8) is 0 Å². The second-order valence-electron chi connectivity index (χ2n) is 6.39. The third-order valence-corrected chi connectivity index (χ3v) is 4.55. The molecular weight excluding hydrogens is 372 g/mol. The molecule has 1 amide bonds. The largest absolute Gasteiger partial charge is 0.436 e. The molecule has 138 valence electrons. The van der Waals surface area contributed by atoms with Crippen LogP contribution in [-0.2, 0) is 4.79 Å². The highest BCUT2D eigenvalue weighted by molar-refractivity contribution is 6.31. The molecule has 0 fully saturated rings. The number of aromatic nitrogens is 1. The number of nitrogens with zero attached hydrogens (tertiary/aromatic N) is 1. The first kappa shape index (κ1) is 18.0. The molecule has 0 aliphatic carbocycles. The van der Waals surface area contributed by atoms with Crippen molar-refractivity contribution in [2.75, 3.05) is 5.32 Å². The zero-order valence-electron chi connectivity index (χ0n) is 15.1. The number of aryl methyl sites for hydroxylation is 1. The summed E-state index contributed by atoms with van der Waals surface area (Å²) in [5, 5.41) is 3.52. The number of rotatable bonds is 4. The van der Waals surface area contributed by atoms with Crippen LogP contribution in [0.3, 0.4) is 0 Å². The Labute approximate surface area is 167 Å². The van der Waals surface area contributed by atoms with E-state index in [1.165, 1.54) is 6.08 Å². The van der Waals surface area contributed by atoms with E-state index in [2.05, 4.69) is 10.3 Å². The fourth-order valence-corrected chi connectivity index (χ4v) is 2.99. The number of oxazole rings is 1. The maximum atomic E-state index is 12.3. The summed E-state index contributed by atoms with van der Waals surface area (Å²) in [7, 11) is 0. The van der Waals surface area contributed by atoms with E-state index in [1.54, 1.807) is 24.3 Å². The van der Waals surface area contributed by atoms with Crippen LogP contribution in [0, 0.1) is 6.92 Å². The minimum absolute atomic E-state index is 0.201. The second-order valence-corrected chi connectivity index (χ2v) is 6.83. The molecule has 1 aromatic heterocycles. The van der Waals surface area contributed by atoms with Gasteiger partial charge in [-0.25, -0.2) is 4.98 Å². The van der Waals surface area contributed by atoms with Crippen molar-refractivity contribution in [1.29, 1.82) is 0 Å². The number of anilines is 1. The highest BCUT2D eigenvalue weighted by Crippen LogP contribution is 2.29. The molecule has 0 radical (unpaired) electrons. The number of hydrogen-bond donors (Lipinski definition) is 1. The number of fused-ring (bicyclic) bond motifs is 1. The van der Waals surface area contributed by atoms with Gasteiger partial charge in [0.25, 0.3) is 0 Å². The fraction of sp³-hybridized carbons (Fsp3) is 0.0435. The maximum Gasteiger partial charge on any atom is 0.248 e. The quantitative estimate of drug-likeness (QED) is 0.429. The Kier molecular flexibility index (Phi) is 4.96. The standard InChI is InChI=1S/C23H17ClN2O2/c1-15-7-9-17(23-26-20-14-18(24)10-11-21(20)28-23)13-19(15)25-22(27)12-8-16-5-3-2-4-6-16/h2-14H,1H3,(H,25,27)/b12-8-. The normalized spacial score (nSPS) is 11.2. The number of halogens is 1. The maximum absolute atomic E-state index is 12.3. The second kappa shape index (κ2) is 7.71. The van der Waals surface area contributed by atoms with Crippen LogP contribution < -0.4 is 5.32 Å². The lowest BCUT2D eigenvalue weighted by Crippen LogP contribution is -2.09. The Morgan fingerprint density at radius 1 is 1.07 bits per heavy atom. The summed E-state index contributed by atoms with van der Waals surface area (Å²) in [4.78, 5) is 16.8. The van der Waals surface area contributed by atoms with Gasteiger partial charge in [-0.05, 0) is 54.5 Å². The van der Waals surface area contributed by atoms with Gasteiger partial charge in [0.15, 0.2) is 5.58 Å². The third-order valence-electron chi connectivity index (χ3n) is 4.32. The van der Waals surface area contributed by atoms with E-state index in [0.717, 1.165) is 16.7 Å². The lowest BCUT2D eigenvalue weighted by molar-refractivity contribution is -0.111. The SMILES string of the molecule is Cc1ccc(-c2nc3cc(Cl)ccc3o2)cc1NC(=O)/C=C\c1ccccc1. The molecule has 0 aliphatic heterocycles. The van der Waals surface area contributed by atoms with Crippen LogP contribution in [0.25, 0.3) is 28.6 Å². The van der Waals surface area contributed by atoms with E-state index in [0.29, 0.717) is 27.7 Å². The predicted octanol–water partition coefficient (Wildman–Crippen LogP) is 6.11. The van der Waals surface area contributed by atoms with Crippen LogP contribution in [0.15, 0.2) is 77.2 Å². The molecular formula is C23H17ClN2O2. The zero-order chi connectivity index (χ0) is 19.5. The van der Waals surface area contributed by atoms with Gasteiger partial charge in [-0.3, -0.25) is 4.79 Å². The summed E-state index contributed by atoms with van der Waals surface area (Å²) in [6.07, 6.45) is 3.29. The highest BCUT2D eigenvalue weighted by Gasteiger charge is 2.11. The van der Waals surface area contributed by atoms with E-state index in [4.69, 9.17) is 16.0 Å². The van der Waals surface area contributed by atoms with E-state index < -0.39 is 0 Å². The number of nitrogens with one attached hydrogen (secondary N) is 1. The Balaban J connectivity index is 1.58. The molecule has 1 heterocycles. The summed E-state index contributed by atoms with van der Waals surface area (Å²) in [5.74, 6) is 0.279. The highest BCUT2D eigenvalue weighted by atomic mass is 35.5. The molecule has 0 aliphatic rings. The molecule has 28 heavy (non-hydrogen) atoms. The van der Waals surface area contributed by atoms with Crippen molar-refractivity contribution in [3.8, 4) is 11.5 Å². The van der Waals surface area contributed by atoms with Crippen molar-refractivity contribution in [1.82, 2.24) is 4.98 Å². The Morgan fingerprint density at radius 2 is 1.89 bits per heavy atom. The molecule has 4 rings (SSSR count). The van der Waals surface area contributed by atoms with Gasteiger partial charge < -0.3 is 9.73 Å². The summed E-state index contributed by atoms with van der Waals surface area (Å²) in [6.45, 7) is 1.94. The minimum atomic E-state index is -0.201. The van der Waals surface area contributed by atoms with Gasteiger partial charge in [0.2, 0.25) is 11.8 Å². The number of amides is 1. The van der Waals surface area contributed by atoms with Gasteiger partial charge in [0, 0.05) is 22.3 Å². The van der Waals surface area contributed by atoms with E-state index >= 15 is 0 Å². The average Bonchev–Trinajstić information content (AvgIpc) is 3.12. The predicted molar refractivity (Wildman–Crippen MR) is 113 cm³/mol. The zero-order valence-corrected chi connectivity index (χ0v) is 15.9. The van der Waals surface area contributed by atoms with Crippen LogP contribution in [0.2, 0.25) is 5.02 Å². The summed E-state index contributed by atoms with van der Waals surface area (Å²) < 4.78 is 5.82. The average molecular weight is 389 g/mol. The molecule has 0 bridgehead atoms. The first-order valence-corrected chi connectivity index (χ1v) is 9.17. The van der Waals surface area contributed by atoms with Gasteiger partial charge in [-0.15, -0.1) is 0 Å². The van der Waals surface area contributed by atoms with Crippen LogP contribution in [0.1, 0.15) is 11.1 Å². The smallest absolute Gasteiger partial charge is 0.248 e. The van der Waals surface area contributed by atoms with Gasteiger partial charge in [0.05, 0.1) is 0 Å². The molecule has 1 N–H and O–H groups in total. The van der Waals surface area contributed by atoms with E-state index in [9.17, 15) is 4.79 Å². The molecule has 0 saturated carbocycles. The molecule has 0 saturated heterocycles. The monoisotopic (exact) mass is 388 g/mol. The Bertz CT molecular complexity index is 1180. The van der Waals surface area contributed by atoms with Crippen molar-refractivity contribution in [2.45, 2.75) is 6.92 Å². The summed E-state index contributed by atoms with van der Waals surface area (Å²) in [5.41, 5.74) is 4.76. The van der Waals surface area contributed by atoms with Crippen LogP contribution in [0.4, 0.5) is 5.69 Å². The van der Waals surface area contributed by atoms with Crippen molar-refractivity contribution in [2.24, 2.45) is 0 Å². The first-order valence-electron chi connectivity index (χ1n) is 8.80. The lowest BCUT2D eigenvalue weighted by Gasteiger charge is -2.08. The molecule has 0 spiro atoms. The van der Waals surface area contributed by atoms with Gasteiger partial charge >= 0.3 is 0 Å². The molecule has 3 aromatic carbocycles. The topological polar surface area (TPSA) is 55.1 Å². The number of carbonyl (C=O) groups is 1. The van der Waals surface area contributed by atoms with E-state index in [-0.39, 0.29) is 5.91 Å². The van der Waals surface area contributed by atoms with Gasteiger partial charge in [0.1, 0.15) is 5.52 Å². The van der Waals surface area contributed by atoms with Crippen LogP contribution in [-0.4, -0.2) is 10.9 Å².